The molecule has 1 aromatic rings. The number of hydrogen-bond donors (Lipinski definition) is 2. The number of alkyl halides is 2. The second kappa shape index (κ2) is 7.56. The van der Waals surface area contributed by atoms with E-state index < -0.39 is 24.1 Å². The molecule has 1 fully saturated rings. The van der Waals surface area contributed by atoms with Crippen LogP contribution in [0.3, 0.4) is 0 Å². The van der Waals surface area contributed by atoms with Gasteiger partial charge >= 0.3 is 6.09 Å². The van der Waals surface area contributed by atoms with Gasteiger partial charge in [0.15, 0.2) is 0 Å². The van der Waals surface area contributed by atoms with Crippen molar-refractivity contribution in [2.75, 3.05) is 0 Å². The lowest BCUT2D eigenvalue weighted by atomic mass is 9.87. The molecular formula is C14H19ClF2N2O2. The van der Waals surface area contributed by atoms with E-state index in [0.29, 0.717) is 12.8 Å². The Kier molecular flexibility index (Phi) is 6.36. The molecule has 4 nitrogen and oxygen atoms in total. The normalized spacial score (nSPS) is 23.8. The quantitative estimate of drug-likeness (QED) is 0.900. The SMILES string of the molecule is Cl.N[C@@H]1CCCC(F)(F)[C@H]1NC(=O)OCc1ccccc1. The fourth-order valence-corrected chi connectivity index (χ4v) is 2.31. The summed E-state index contributed by atoms with van der Waals surface area (Å²) < 4.78 is 32.3. The van der Waals surface area contributed by atoms with Gasteiger partial charge in [0.05, 0.1) is 0 Å². The average Bonchev–Trinajstić information content (AvgIpc) is 2.42. The summed E-state index contributed by atoms with van der Waals surface area (Å²) in [4.78, 5) is 11.6. The van der Waals surface area contributed by atoms with E-state index in [1.165, 1.54) is 0 Å². The van der Waals surface area contributed by atoms with E-state index in [-0.39, 0.29) is 25.4 Å². The Morgan fingerprint density at radius 3 is 2.67 bits per heavy atom. The van der Waals surface area contributed by atoms with Crippen LogP contribution in [0.2, 0.25) is 0 Å². The van der Waals surface area contributed by atoms with Crippen molar-refractivity contribution >= 4 is 18.5 Å². The van der Waals surface area contributed by atoms with Gasteiger partial charge in [0.1, 0.15) is 12.6 Å². The summed E-state index contributed by atoms with van der Waals surface area (Å²) in [7, 11) is 0. The van der Waals surface area contributed by atoms with Gasteiger partial charge < -0.3 is 15.8 Å². The van der Waals surface area contributed by atoms with Gasteiger partial charge in [-0.25, -0.2) is 13.6 Å². The summed E-state index contributed by atoms with van der Waals surface area (Å²) in [6, 6.07) is 6.92. The Hall–Kier alpha value is -1.40. The summed E-state index contributed by atoms with van der Waals surface area (Å²) in [5, 5.41) is 2.19. The minimum atomic E-state index is -2.98. The first-order valence-corrected chi connectivity index (χ1v) is 6.59. The Morgan fingerprint density at radius 1 is 1.38 bits per heavy atom. The lowest BCUT2D eigenvalue weighted by Crippen LogP contribution is -2.59. The lowest BCUT2D eigenvalue weighted by molar-refractivity contribution is -0.0691. The molecule has 0 radical (unpaired) electrons. The molecule has 1 saturated carbocycles. The number of halogens is 3. The van der Waals surface area contributed by atoms with E-state index in [0.717, 1.165) is 5.56 Å². The molecule has 0 unspecified atom stereocenters. The highest BCUT2D eigenvalue weighted by atomic mass is 35.5. The largest absolute Gasteiger partial charge is 0.445 e. The highest BCUT2D eigenvalue weighted by molar-refractivity contribution is 5.85. The molecule has 0 aromatic heterocycles. The summed E-state index contributed by atoms with van der Waals surface area (Å²) in [5.74, 6) is -2.98. The zero-order chi connectivity index (χ0) is 14.6. The molecule has 0 heterocycles. The Labute approximate surface area is 128 Å². The van der Waals surface area contributed by atoms with Crippen molar-refractivity contribution in [1.29, 1.82) is 0 Å². The second-order valence-corrected chi connectivity index (χ2v) is 5.00. The van der Waals surface area contributed by atoms with E-state index in [9.17, 15) is 13.6 Å². The molecule has 0 saturated heterocycles. The van der Waals surface area contributed by atoms with Crippen molar-refractivity contribution in [3.05, 3.63) is 35.9 Å². The minimum Gasteiger partial charge on any atom is -0.445 e. The number of nitrogens with one attached hydrogen (secondary N) is 1. The van der Waals surface area contributed by atoms with Crippen molar-refractivity contribution in [3.63, 3.8) is 0 Å². The number of carbonyl (C=O) groups is 1. The molecule has 2 atom stereocenters. The Bertz CT molecular complexity index is 460. The van der Waals surface area contributed by atoms with Crippen molar-refractivity contribution < 1.29 is 18.3 Å². The number of carbonyl (C=O) groups excluding carboxylic acids is 1. The molecule has 0 spiro atoms. The average molecular weight is 321 g/mol. The van der Waals surface area contributed by atoms with Crippen LogP contribution in [0.4, 0.5) is 13.6 Å². The van der Waals surface area contributed by atoms with Crippen molar-refractivity contribution in [2.45, 2.75) is 43.9 Å². The first-order valence-electron chi connectivity index (χ1n) is 6.59. The monoisotopic (exact) mass is 320 g/mol. The fourth-order valence-electron chi connectivity index (χ4n) is 2.31. The number of alkyl carbamates (subject to hydrolysis) is 1. The van der Waals surface area contributed by atoms with Gasteiger partial charge in [0.2, 0.25) is 0 Å². The first-order chi connectivity index (χ1) is 9.49. The van der Waals surface area contributed by atoms with Gasteiger partial charge in [-0.2, -0.15) is 0 Å². The van der Waals surface area contributed by atoms with Gasteiger partial charge in [-0.3, -0.25) is 0 Å². The number of hydrogen-bond acceptors (Lipinski definition) is 3. The topological polar surface area (TPSA) is 64.3 Å². The fraction of sp³-hybridized carbons (Fsp3) is 0.500. The van der Waals surface area contributed by atoms with E-state index in [2.05, 4.69) is 5.32 Å². The maximum absolute atomic E-state index is 13.7. The zero-order valence-electron chi connectivity index (χ0n) is 11.4. The molecule has 1 aliphatic rings. The first kappa shape index (κ1) is 17.7. The van der Waals surface area contributed by atoms with Gasteiger partial charge in [-0.1, -0.05) is 30.3 Å². The third-order valence-corrected chi connectivity index (χ3v) is 3.42. The maximum atomic E-state index is 13.7. The van der Waals surface area contributed by atoms with Crippen LogP contribution in [-0.2, 0) is 11.3 Å². The van der Waals surface area contributed by atoms with E-state index in [1.54, 1.807) is 12.1 Å². The number of nitrogens with two attached hydrogens (primary N) is 1. The Morgan fingerprint density at radius 2 is 2.05 bits per heavy atom. The van der Waals surface area contributed by atoms with Gasteiger partial charge in [-0.15, -0.1) is 12.4 Å². The molecule has 0 aliphatic heterocycles. The maximum Gasteiger partial charge on any atom is 0.407 e. The minimum absolute atomic E-state index is 0. The van der Waals surface area contributed by atoms with Gasteiger partial charge in [-0.05, 0) is 18.4 Å². The van der Waals surface area contributed by atoms with Crippen molar-refractivity contribution in [2.24, 2.45) is 5.73 Å². The summed E-state index contributed by atoms with van der Waals surface area (Å²) in [6.07, 6.45) is -0.287. The van der Waals surface area contributed by atoms with Crippen LogP contribution in [0.5, 0.6) is 0 Å². The van der Waals surface area contributed by atoms with Crippen LogP contribution in [0, 0.1) is 0 Å². The molecule has 1 aliphatic carbocycles. The predicted molar refractivity (Wildman–Crippen MR) is 77.6 cm³/mol. The molecule has 2 rings (SSSR count). The van der Waals surface area contributed by atoms with Crippen molar-refractivity contribution in [3.8, 4) is 0 Å². The second-order valence-electron chi connectivity index (χ2n) is 5.00. The third-order valence-electron chi connectivity index (χ3n) is 3.42. The predicted octanol–water partition coefficient (Wildman–Crippen LogP) is 2.85. The highest BCUT2D eigenvalue weighted by Crippen LogP contribution is 2.32. The molecule has 7 heteroatoms. The van der Waals surface area contributed by atoms with Crippen LogP contribution < -0.4 is 11.1 Å². The molecule has 3 N–H and O–H groups in total. The number of rotatable bonds is 3. The standard InChI is InChI=1S/C14H18F2N2O2.ClH/c15-14(16)8-4-7-11(17)12(14)18-13(19)20-9-10-5-2-1-3-6-10;/h1-3,5-6,11-12H,4,7-9,17H2,(H,18,19);1H/t11-,12+;/m1./s1. The summed E-state index contributed by atoms with van der Waals surface area (Å²) in [6.45, 7) is 0.0419. The van der Waals surface area contributed by atoms with Crippen LogP contribution >= 0.6 is 12.4 Å². The van der Waals surface area contributed by atoms with E-state index >= 15 is 0 Å². The van der Waals surface area contributed by atoms with E-state index in [4.69, 9.17) is 10.5 Å². The lowest BCUT2D eigenvalue weighted by Gasteiger charge is -2.36. The number of benzene rings is 1. The zero-order valence-corrected chi connectivity index (χ0v) is 12.2. The van der Waals surface area contributed by atoms with Crippen molar-refractivity contribution in [1.82, 2.24) is 5.32 Å². The summed E-state index contributed by atoms with van der Waals surface area (Å²) in [5.41, 5.74) is 6.45. The molecule has 21 heavy (non-hydrogen) atoms. The van der Waals surface area contributed by atoms with E-state index in [1.807, 2.05) is 18.2 Å². The number of ether oxygens (including phenoxy) is 1. The number of amides is 1. The van der Waals surface area contributed by atoms with Crippen LogP contribution in [-0.4, -0.2) is 24.1 Å². The molecular weight excluding hydrogens is 302 g/mol. The summed E-state index contributed by atoms with van der Waals surface area (Å²) >= 11 is 0. The molecule has 1 aromatic carbocycles. The smallest absolute Gasteiger partial charge is 0.407 e. The van der Waals surface area contributed by atoms with Crippen LogP contribution in [0.15, 0.2) is 30.3 Å². The molecule has 118 valence electrons. The van der Waals surface area contributed by atoms with Gasteiger partial charge in [0.25, 0.3) is 5.92 Å². The van der Waals surface area contributed by atoms with Crippen LogP contribution in [0.1, 0.15) is 24.8 Å². The highest BCUT2D eigenvalue weighted by Gasteiger charge is 2.46. The van der Waals surface area contributed by atoms with Gasteiger partial charge in [0, 0.05) is 12.5 Å². The van der Waals surface area contributed by atoms with Crippen LogP contribution in [0.25, 0.3) is 0 Å². The third kappa shape index (κ3) is 4.82. The Balaban J connectivity index is 0.00000220. The molecule has 0 bridgehead atoms. The molecule has 1 amide bonds.